The van der Waals surface area contributed by atoms with E-state index in [1.807, 2.05) is 4.90 Å². The monoisotopic (exact) mass is 242 g/mol. The summed E-state index contributed by atoms with van der Waals surface area (Å²) >= 11 is 0. The molecule has 4 heteroatoms. The third-order valence-electron chi connectivity index (χ3n) is 2.92. The van der Waals surface area contributed by atoms with E-state index in [9.17, 15) is 4.79 Å². The van der Waals surface area contributed by atoms with E-state index < -0.39 is 0 Å². The van der Waals surface area contributed by atoms with E-state index in [2.05, 4.69) is 19.2 Å². The van der Waals surface area contributed by atoms with Gasteiger partial charge < -0.3 is 15.0 Å². The van der Waals surface area contributed by atoms with Gasteiger partial charge in [-0.15, -0.1) is 0 Å². The quantitative estimate of drug-likeness (QED) is 0.589. The van der Waals surface area contributed by atoms with Crippen molar-refractivity contribution < 1.29 is 9.53 Å². The summed E-state index contributed by atoms with van der Waals surface area (Å²) in [6, 6.07) is 0.530. The van der Waals surface area contributed by atoms with Crippen LogP contribution in [0.25, 0.3) is 0 Å². The van der Waals surface area contributed by atoms with Crippen molar-refractivity contribution in [3.63, 3.8) is 0 Å². The van der Waals surface area contributed by atoms with E-state index in [-0.39, 0.29) is 5.91 Å². The lowest BCUT2D eigenvalue weighted by molar-refractivity contribution is -0.130. The van der Waals surface area contributed by atoms with Gasteiger partial charge >= 0.3 is 0 Å². The maximum atomic E-state index is 11.8. The van der Waals surface area contributed by atoms with E-state index in [4.69, 9.17) is 4.74 Å². The summed E-state index contributed by atoms with van der Waals surface area (Å²) in [6.45, 7) is 7.95. The molecule has 0 spiro atoms. The third kappa shape index (κ3) is 6.03. The molecule has 0 bridgehead atoms. The van der Waals surface area contributed by atoms with Crippen LogP contribution in [-0.4, -0.2) is 49.7 Å². The van der Waals surface area contributed by atoms with Gasteiger partial charge in [-0.05, 0) is 39.2 Å². The molecule has 0 unspecified atom stereocenters. The molecule has 1 saturated carbocycles. The van der Waals surface area contributed by atoms with Gasteiger partial charge in [0.05, 0.1) is 6.54 Å². The smallest absolute Gasteiger partial charge is 0.236 e. The Morgan fingerprint density at radius 2 is 2.12 bits per heavy atom. The van der Waals surface area contributed by atoms with Crippen molar-refractivity contribution >= 4 is 5.91 Å². The zero-order valence-corrected chi connectivity index (χ0v) is 11.2. The van der Waals surface area contributed by atoms with E-state index in [1.54, 1.807) is 0 Å². The molecule has 0 saturated heterocycles. The summed E-state index contributed by atoms with van der Waals surface area (Å²) in [5, 5.41) is 3.19. The molecule has 0 aromatic heterocycles. The van der Waals surface area contributed by atoms with Crippen molar-refractivity contribution in [2.75, 3.05) is 32.8 Å². The molecule has 17 heavy (non-hydrogen) atoms. The third-order valence-corrected chi connectivity index (χ3v) is 2.92. The zero-order chi connectivity index (χ0) is 12.5. The van der Waals surface area contributed by atoms with Crippen LogP contribution in [-0.2, 0) is 9.53 Å². The highest BCUT2D eigenvalue weighted by atomic mass is 16.5. The van der Waals surface area contributed by atoms with Gasteiger partial charge in [0, 0.05) is 25.8 Å². The van der Waals surface area contributed by atoms with Crippen molar-refractivity contribution in [3.8, 4) is 0 Å². The van der Waals surface area contributed by atoms with E-state index in [0.29, 0.717) is 12.6 Å². The number of hydrogen-bond acceptors (Lipinski definition) is 3. The lowest BCUT2D eigenvalue weighted by atomic mass is 10.4. The molecular formula is C13H26N2O2. The number of hydrogen-bond donors (Lipinski definition) is 1. The van der Waals surface area contributed by atoms with Crippen molar-refractivity contribution in [1.82, 2.24) is 10.2 Å². The second-order valence-corrected chi connectivity index (χ2v) is 4.55. The number of carbonyl (C=O) groups is 1. The molecule has 1 amide bonds. The van der Waals surface area contributed by atoms with Gasteiger partial charge in [0.15, 0.2) is 0 Å². The van der Waals surface area contributed by atoms with Gasteiger partial charge in [-0.2, -0.15) is 0 Å². The topological polar surface area (TPSA) is 41.6 Å². The number of likely N-dealkylation sites (N-methyl/N-ethyl adjacent to an activating group) is 1. The largest absolute Gasteiger partial charge is 0.381 e. The Labute approximate surface area is 105 Å². The second kappa shape index (κ2) is 8.48. The Morgan fingerprint density at radius 1 is 1.35 bits per heavy atom. The highest BCUT2D eigenvalue weighted by Crippen LogP contribution is 2.26. The maximum Gasteiger partial charge on any atom is 0.236 e. The predicted molar refractivity (Wildman–Crippen MR) is 69.0 cm³/mol. The Bertz CT molecular complexity index is 217. The summed E-state index contributed by atoms with van der Waals surface area (Å²) in [5.41, 5.74) is 0. The van der Waals surface area contributed by atoms with Crippen molar-refractivity contribution in [2.45, 2.75) is 45.6 Å². The fourth-order valence-corrected chi connectivity index (χ4v) is 1.87. The molecule has 1 aliphatic rings. The first-order chi connectivity index (χ1) is 8.29. The van der Waals surface area contributed by atoms with Crippen LogP contribution >= 0.6 is 0 Å². The highest BCUT2D eigenvalue weighted by Gasteiger charge is 2.30. The number of carbonyl (C=O) groups excluding carboxylic acids is 1. The molecule has 1 aliphatic carbocycles. The van der Waals surface area contributed by atoms with Gasteiger partial charge in [0.1, 0.15) is 0 Å². The Kier molecular flexibility index (Phi) is 7.21. The first-order valence-electron chi connectivity index (χ1n) is 6.87. The van der Waals surface area contributed by atoms with Gasteiger partial charge in [0.2, 0.25) is 5.91 Å². The number of amides is 1. The SMILES string of the molecule is CCCOCCCNCC(=O)N(CC)C1CC1. The molecule has 0 aromatic rings. The maximum absolute atomic E-state index is 11.8. The summed E-state index contributed by atoms with van der Waals surface area (Å²) in [5.74, 6) is 0.240. The minimum Gasteiger partial charge on any atom is -0.381 e. The molecule has 1 N–H and O–H groups in total. The second-order valence-electron chi connectivity index (χ2n) is 4.55. The summed E-state index contributed by atoms with van der Waals surface area (Å²) in [4.78, 5) is 13.8. The normalized spacial score (nSPS) is 14.9. The number of nitrogens with one attached hydrogen (secondary N) is 1. The Hall–Kier alpha value is -0.610. The van der Waals surface area contributed by atoms with E-state index in [0.717, 1.165) is 39.1 Å². The van der Waals surface area contributed by atoms with Crippen LogP contribution in [0.1, 0.15) is 39.5 Å². The molecule has 4 nitrogen and oxygen atoms in total. The number of rotatable bonds is 10. The fraction of sp³-hybridized carbons (Fsp3) is 0.923. The molecule has 1 rings (SSSR count). The van der Waals surface area contributed by atoms with Crippen LogP contribution < -0.4 is 5.32 Å². The molecule has 0 aliphatic heterocycles. The average Bonchev–Trinajstić information content (AvgIpc) is 3.13. The van der Waals surface area contributed by atoms with Crippen LogP contribution in [0.4, 0.5) is 0 Å². The van der Waals surface area contributed by atoms with Crippen LogP contribution in [0, 0.1) is 0 Å². The van der Waals surface area contributed by atoms with Crippen molar-refractivity contribution in [3.05, 3.63) is 0 Å². The van der Waals surface area contributed by atoms with Crippen molar-refractivity contribution in [2.24, 2.45) is 0 Å². The van der Waals surface area contributed by atoms with Crippen LogP contribution in [0.5, 0.6) is 0 Å². The average molecular weight is 242 g/mol. The van der Waals surface area contributed by atoms with Gasteiger partial charge in [0.25, 0.3) is 0 Å². The minimum atomic E-state index is 0.240. The molecule has 1 fully saturated rings. The predicted octanol–water partition coefficient (Wildman–Crippen LogP) is 1.40. The minimum absolute atomic E-state index is 0.240. The van der Waals surface area contributed by atoms with Crippen LogP contribution in [0.2, 0.25) is 0 Å². The molecule has 0 radical (unpaired) electrons. The summed E-state index contributed by atoms with van der Waals surface area (Å²) in [7, 11) is 0. The highest BCUT2D eigenvalue weighted by molar-refractivity contribution is 5.78. The lowest BCUT2D eigenvalue weighted by Crippen LogP contribution is -2.39. The standard InChI is InChI=1S/C13H26N2O2/c1-3-9-17-10-5-8-14-11-13(16)15(4-2)12-6-7-12/h12,14H,3-11H2,1-2H3. The summed E-state index contributed by atoms with van der Waals surface area (Å²) < 4.78 is 5.37. The van der Waals surface area contributed by atoms with Crippen LogP contribution in [0.15, 0.2) is 0 Å². The lowest BCUT2D eigenvalue weighted by Gasteiger charge is -2.20. The first kappa shape index (κ1) is 14.5. The molecule has 100 valence electrons. The van der Waals surface area contributed by atoms with Gasteiger partial charge in [-0.1, -0.05) is 6.92 Å². The first-order valence-corrected chi connectivity index (χ1v) is 6.87. The zero-order valence-electron chi connectivity index (χ0n) is 11.2. The van der Waals surface area contributed by atoms with Crippen LogP contribution in [0.3, 0.4) is 0 Å². The number of ether oxygens (including phenoxy) is 1. The van der Waals surface area contributed by atoms with E-state index in [1.165, 1.54) is 12.8 Å². The molecule has 0 aromatic carbocycles. The Balaban J connectivity index is 1.96. The number of nitrogens with zero attached hydrogens (tertiary/aromatic N) is 1. The van der Waals surface area contributed by atoms with Crippen molar-refractivity contribution in [1.29, 1.82) is 0 Å². The molecule has 0 heterocycles. The fourth-order valence-electron chi connectivity index (χ4n) is 1.87. The van der Waals surface area contributed by atoms with Gasteiger partial charge in [-0.25, -0.2) is 0 Å². The van der Waals surface area contributed by atoms with E-state index >= 15 is 0 Å². The van der Waals surface area contributed by atoms with Gasteiger partial charge in [-0.3, -0.25) is 4.79 Å². The molecule has 0 atom stereocenters. The summed E-state index contributed by atoms with van der Waals surface area (Å²) in [6.07, 6.45) is 4.41. The molecular weight excluding hydrogens is 216 g/mol. The Morgan fingerprint density at radius 3 is 2.71 bits per heavy atom.